The Morgan fingerprint density at radius 2 is 2.08 bits per heavy atom. The Kier molecular flexibility index (Phi) is 6.18. The predicted octanol–water partition coefficient (Wildman–Crippen LogP) is 4.99. The van der Waals surface area contributed by atoms with Crippen molar-refractivity contribution in [1.82, 2.24) is 14.9 Å². The maximum atomic E-state index is 4.72. The molecule has 0 spiro atoms. The minimum absolute atomic E-state index is 0.721. The number of benzene rings is 1. The zero-order chi connectivity index (χ0) is 17.6. The van der Waals surface area contributed by atoms with Gasteiger partial charge in [0, 0.05) is 21.3 Å². The zero-order valence-corrected chi connectivity index (χ0v) is 16.8. The van der Waals surface area contributed by atoms with Gasteiger partial charge in [-0.3, -0.25) is 0 Å². The minimum atomic E-state index is 0.721. The Bertz CT molecular complexity index is 859. The Labute approximate surface area is 160 Å². The van der Waals surface area contributed by atoms with Crippen molar-refractivity contribution in [2.45, 2.75) is 6.42 Å². The summed E-state index contributed by atoms with van der Waals surface area (Å²) in [5, 5.41) is 6.57. The largest absolute Gasteiger partial charge is 0.369 e. The van der Waals surface area contributed by atoms with Crippen LogP contribution in [0, 0.1) is 0 Å². The molecule has 25 heavy (non-hydrogen) atoms. The SMILES string of the molecule is CN(C)CCCNc1nc(C=Cc2cccs2)nc2ccc(Br)cc12. The zero-order valence-electron chi connectivity index (χ0n) is 14.4. The average Bonchev–Trinajstić information content (AvgIpc) is 3.10. The number of hydrogen-bond acceptors (Lipinski definition) is 5. The Morgan fingerprint density at radius 3 is 2.84 bits per heavy atom. The summed E-state index contributed by atoms with van der Waals surface area (Å²) in [6.45, 7) is 1.93. The fourth-order valence-electron chi connectivity index (χ4n) is 2.47. The lowest BCUT2D eigenvalue weighted by Gasteiger charge is -2.12. The number of aromatic nitrogens is 2. The van der Waals surface area contributed by atoms with Gasteiger partial charge in [0.1, 0.15) is 5.82 Å². The lowest BCUT2D eigenvalue weighted by atomic mass is 10.2. The third-order valence-electron chi connectivity index (χ3n) is 3.69. The van der Waals surface area contributed by atoms with E-state index >= 15 is 0 Å². The molecule has 3 aromatic rings. The molecule has 0 saturated heterocycles. The molecule has 1 aromatic carbocycles. The monoisotopic (exact) mass is 416 g/mol. The summed E-state index contributed by atoms with van der Waals surface area (Å²) in [5.41, 5.74) is 0.944. The van der Waals surface area contributed by atoms with E-state index in [-0.39, 0.29) is 0 Å². The third-order valence-corrected chi connectivity index (χ3v) is 5.02. The molecule has 0 aliphatic carbocycles. The number of rotatable bonds is 7. The third kappa shape index (κ3) is 5.11. The van der Waals surface area contributed by atoms with Crippen LogP contribution in [0.15, 0.2) is 40.2 Å². The van der Waals surface area contributed by atoms with E-state index < -0.39 is 0 Å². The van der Waals surface area contributed by atoms with E-state index in [4.69, 9.17) is 4.98 Å². The second kappa shape index (κ2) is 8.56. The molecule has 4 nitrogen and oxygen atoms in total. The van der Waals surface area contributed by atoms with Gasteiger partial charge in [-0.05, 0) is 68.9 Å². The van der Waals surface area contributed by atoms with Crippen LogP contribution in [0.3, 0.4) is 0 Å². The molecule has 0 unspecified atom stereocenters. The van der Waals surface area contributed by atoms with E-state index in [1.54, 1.807) is 11.3 Å². The molecule has 2 heterocycles. The molecule has 0 saturated carbocycles. The van der Waals surface area contributed by atoms with Crippen LogP contribution in [0.1, 0.15) is 17.1 Å². The maximum Gasteiger partial charge on any atom is 0.155 e. The topological polar surface area (TPSA) is 41.0 Å². The van der Waals surface area contributed by atoms with Gasteiger partial charge in [-0.25, -0.2) is 9.97 Å². The number of hydrogen-bond donors (Lipinski definition) is 1. The van der Waals surface area contributed by atoms with Gasteiger partial charge >= 0.3 is 0 Å². The summed E-state index contributed by atoms with van der Waals surface area (Å²) < 4.78 is 1.03. The first kappa shape index (κ1) is 18.0. The van der Waals surface area contributed by atoms with Crippen molar-refractivity contribution >= 4 is 56.1 Å². The number of anilines is 1. The van der Waals surface area contributed by atoms with E-state index in [2.05, 4.69) is 68.8 Å². The normalized spacial score (nSPS) is 11.7. The first-order valence-corrected chi connectivity index (χ1v) is 9.86. The first-order valence-electron chi connectivity index (χ1n) is 8.19. The van der Waals surface area contributed by atoms with Crippen molar-refractivity contribution < 1.29 is 0 Å². The van der Waals surface area contributed by atoms with Crippen LogP contribution in [0.2, 0.25) is 0 Å². The fraction of sp³-hybridized carbons (Fsp3) is 0.263. The fourth-order valence-corrected chi connectivity index (χ4v) is 3.45. The summed E-state index contributed by atoms with van der Waals surface area (Å²) in [6, 6.07) is 10.2. The van der Waals surface area contributed by atoms with Crippen LogP contribution in [0.4, 0.5) is 5.82 Å². The lowest BCUT2D eigenvalue weighted by molar-refractivity contribution is 0.405. The molecule has 0 fully saturated rings. The Balaban J connectivity index is 1.87. The molecular formula is C19H21BrN4S. The van der Waals surface area contributed by atoms with Crippen LogP contribution in [0.25, 0.3) is 23.1 Å². The number of fused-ring (bicyclic) bond motifs is 1. The highest BCUT2D eigenvalue weighted by Gasteiger charge is 2.07. The van der Waals surface area contributed by atoms with E-state index in [1.807, 2.05) is 24.3 Å². The molecule has 0 bridgehead atoms. The quantitative estimate of drug-likeness (QED) is 0.550. The van der Waals surface area contributed by atoms with Gasteiger partial charge in [-0.2, -0.15) is 0 Å². The van der Waals surface area contributed by atoms with E-state index in [9.17, 15) is 0 Å². The number of halogens is 1. The molecule has 0 aliphatic rings. The van der Waals surface area contributed by atoms with E-state index in [0.717, 1.165) is 46.5 Å². The highest BCUT2D eigenvalue weighted by molar-refractivity contribution is 9.10. The maximum absolute atomic E-state index is 4.72. The molecule has 0 amide bonds. The van der Waals surface area contributed by atoms with Crippen LogP contribution in [-0.4, -0.2) is 42.1 Å². The van der Waals surface area contributed by atoms with Gasteiger partial charge in [0.15, 0.2) is 5.82 Å². The standard InChI is InChI=1S/C19H21BrN4S/c1-24(2)11-4-10-21-19-16-13-14(20)6-8-17(16)22-18(23-19)9-7-15-5-3-12-25-15/h3,5-9,12-13H,4,10-11H2,1-2H3,(H,21,22,23). The van der Waals surface area contributed by atoms with Crippen molar-refractivity contribution in [2.24, 2.45) is 0 Å². The van der Waals surface area contributed by atoms with Crippen LogP contribution >= 0.6 is 27.3 Å². The number of nitrogens with one attached hydrogen (secondary N) is 1. The van der Waals surface area contributed by atoms with Crippen molar-refractivity contribution in [2.75, 3.05) is 32.5 Å². The molecule has 2 aromatic heterocycles. The van der Waals surface area contributed by atoms with Gasteiger partial charge in [0.05, 0.1) is 5.52 Å². The van der Waals surface area contributed by atoms with Crippen LogP contribution < -0.4 is 5.32 Å². The first-order chi connectivity index (χ1) is 12.1. The van der Waals surface area contributed by atoms with Gasteiger partial charge in [-0.1, -0.05) is 22.0 Å². The number of nitrogens with zero attached hydrogens (tertiary/aromatic N) is 3. The van der Waals surface area contributed by atoms with E-state index in [0.29, 0.717) is 0 Å². The summed E-state index contributed by atoms with van der Waals surface area (Å²) in [6.07, 6.45) is 5.09. The molecular weight excluding hydrogens is 396 g/mol. The smallest absolute Gasteiger partial charge is 0.155 e. The minimum Gasteiger partial charge on any atom is -0.369 e. The highest BCUT2D eigenvalue weighted by Crippen LogP contribution is 2.25. The van der Waals surface area contributed by atoms with Gasteiger partial charge < -0.3 is 10.2 Å². The van der Waals surface area contributed by atoms with Gasteiger partial charge in [0.2, 0.25) is 0 Å². The molecule has 130 valence electrons. The summed E-state index contributed by atoms with van der Waals surface area (Å²) in [5.74, 6) is 1.61. The van der Waals surface area contributed by atoms with Crippen molar-refractivity contribution in [3.8, 4) is 0 Å². The van der Waals surface area contributed by atoms with Crippen LogP contribution in [-0.2, 0) is 0 Å². The summed E-state index contributed by atoms with van der Waals surface area (Å²) in [4.78, 5) is 12.8. The van der Waals surface area contributed by atoms with Crippen LogP contribution in [0.5, 0.6) is 0 Å². The molecule has 0 radical (unpaired) electrons. The number of thiophene rings is 1. The highest BCUT2D eigenvalue weighted by atomic mass is 79.9. The second-order valence-corrected chi connectivity index (χ2v) is 7.92. The van der Waals surface area contributed by atoms with Crippen molar-refractivity contribution in [3.05, 3.63) is 50.9 Å². The molecule has 3 rings (SSSR count). The summed E-state index contributed by atoms with van der Waals surface area (Å²) in [7, 11) is 4.18. The molecule has 6 heteroatoms. The van der Waals surface area contributed by atoms with Gasteiger partial charge in [0.25, 0.3) is 0 Å². The van der Waals surface area contributed by atoms with Crippen molar-refractivity contribution in [1.29, 1.82) is 0 Å². The predicted molar refractivity (Wildman–Crippen MR) is 112 cm³/mol. The molecule has 0 aliphatic heterocycles. The molecule has 0 atom stereocenters. The Hall–Kier alpha value is -1.76. The van der Waals surface area contributed by atoms with Crippen molar-refractivity contribution in [3.63, 3.8) is 0 Å². The lowest BCUT2D eigenvalue weighted by Crippen LogP contribution is -2.17. The summed E-state index contributed by atoms with van der Waals surface area (Å²) >= 11 is 5.24. The second-order valence-electron chi connectivity index (χ2n) is 6.02. The Morgan fingerprint density at radius 1 is 1.20 bits per heavy atom. The molecule has 1 N–H and O–H groups in total. The van der Waals surface area contributed by atoms with E-state index in [1.165, 1.54) is 4.88 Å². The average molecular weight is 417 g/mol. The van der Waals surface area contributed by atoms with Gasteiger partial charge in [-0.15, -0.1) is 11.3 Å².